The Labute approximate surface area is 69.4 Å². The van der Waals surface area contributed by atoms with Crippen molar-refractivity contribution in [3.8, 4) is 5.75 Å². The van der Waals surface area contributed by atoms with Gasteiger partial charge < -0.3 is 10.5 Å². The van der Waals surface area contributed by atoms with Crippen LogP contribution in [-0.2, 0) is 0 Å². The van der Waals surface area contributed by atoms with Crippen LogP contribution in [0.4, 0.5) is 11.4 Å². The zero-order valence-electron chi connectivity index (χ0n) is 6.56. The van der Waals surface area contributed by atoms with Crippen LogP contribution in [0.2, 0.25) is 0 Å². The summed E-state index contributed by atoms with van der Waals surface area (Å²) in [6, 6.07) is 4.83. The van der Waals surface area contributed by atoms with Crippen LogP contribution in [0.1, 0.15) is 0 Å². The number of nitrogens with zero attached hydrogens (tertiary/aromatic N) is 3. The standard InChI is InChI=1S/C7H8N4O/c1-12-7-4-5(10-11-9)2-3-6(7)8/h2-4H,8H2,1H3. The van der Waals surface area contributed by atoms with E-state index in [4.69, 9.17) is 16.0 Å². The maximum absolute atomic E-state index is 8.14. The van der Waals surface area contributed by atoms with Crippen LogP contribution in [0, 0.1) is 0 Å². The molecule has 2 N–H and O–H groups in total. The molecule has 0 bridgehead atoms. The third-order valence-electron chi connectivity index (χ3n) is 1.38. The van der Waals surface area contributed by atoms with E-state index in [0.717, 1.165) is 0 Å². The first-order valence-corrected chi connectivity index (χ1v) is 3.26. The lowest BCUT2D eigenvalue weighted by atomic mass is 10.2. The van der Waals surface area contributed by atoms with Crippen molar-refractivity contribution in [2.75, 3.05) is 12.8 Å². The highest BCUT2D eigenvalue weighted by atomic mass is 16.5. The van der Waals surface area contributed by atoms with Crippen molar-refractivity contribution in [3.05, 3.63) is 28.6 Å². The van der Waals surface area contributed by atoms with Crippen molar-refractivity contribution in [2.24, 2.45) is 5.11 Å². The van der Waals surface area contributed by atoms with Gasteiger partial charge in [-0.15, -0.1) is 0 Å². The molecular weight excluding hydrogens is 156 g/mol. The predicted octanol–water partition coefficient (Wildman–Crippen LogP) is 2.22. The van der Waals surface area contributed by atoms with Gasteiger partial charge in [0.25, 0.3) is 0 Å². The van der Waals surface area contributed by atoms with Gasteiger partial charge >= 0.3 is 0 Å². The number of azide groups is 1. The van der Waals surface area contributed by atoms with E-state index in [2.05, 4.69) is 10.0 Å². The Kier molecular flexibility index (Phi) is 2.40. The summed E-state index contributed by atoms with van der Waals surface area (Å²) in [5.41, 5.74) is 14.7. The minimum absolute atomic E-state index is 0.489. The molecule has 1 aromatic carbocycles. The molecule has 1 aromatic rings. The second kappa shape index (κ2) is 3.50. The van der Waals surface area contributed by atoms with E-state index < -0.39 is 0 Å². The highest BCUT2D eigenvalue weighted by Crippen LogP contribution is 2.26. The van der Waals surface area contributed by atoms with Gasteiger partial charge in [-0.25, -0.2) is 0 Å². The molecule has 0 aliphatic heterocycles. The summed E-state index contributed by atoms with van der Waals surface area (Å²) in [4.78, 5) is 2.64. The smallest absolute Gasteiger partial charge is 0.142 e. The van der Waals surface area contributed by atoms with Gasteiger partial charge in [0, 0.05) is 10.6 Å². The lowest BCUT2D eigenvalue weighted by Crippen LogP contribution is -1.90. The highest BCUT2D eigenvalue weighted by molar-refractivity contribution is 5.59. The molecule has 0 heterocycles. The van der Waals surface area contributed by atoms with Gasteiger partial charge in [-0.05, 0) is 17.7 Å². The second-order valence-electron chi connectivity index (χ2n) is 2.12. The van der Waals surface area contributed by atoms with E-state index in [0.29, 0.717) is 17.1 Å². The Morgan fingerprint density at radius 2 is 2.33 bits per heavy atom. The molecule has 0 aliphatic rings. The van der Waals surface area contributed by atoms with Crippen LogP contribution in [-0.4, -0.2) is 7.11 Å². The maximum atomic E-state index is 8.14. The topological polar surface area (TPSA) is 84.0 Å². The summed E-state index contributed by atoms with van der Waals surface area (Å²) in [6.07, 6.45) is 0. The molecule has 5 nitrogen and oxygen atoms in total. The molecule has 1 rings (SSSR count). The molecule has 0 unspecified atom stereocenters. The van der Waals surface area contributed by atoms with Gasteiger partial charge in [0.2, 0.25) is 0 Å². The van der Waals surface area contributed by atoms with Crippen molar-refractivity contribution in [3.63, 3.8) is 0 Å². The van der Waals surface area contributed by atoms with Crippen molar-refractivity contribution in [2.45, 2.75) is 0 Å². The number of nitrogen functional groups attached to an aromatic ring is 1. The maximum Gasteiger partial charge on any atom is 0.142 e. The summed E-state index contributed by atoms with van der Waals surface area (Å²) in [7, 11) is 1.51. The molecule has 0 fully saturated rings. The Bertz CT molecular complexity index is 330. The minimum atomic E-state index is 0.489. The van der Waals surface area contributed by atoms with Crippen molar-refractivity contribution in [1.82, 2.24) is 0 Å². The van der Waals surface area contributed by atoms with E-state index in [1.165, 1.54) is 7.11 Å². The fourth-order valence-electron chi connectivity index (χ4n) is 0.814. The lowest BCUT2D eigenvalue weighted by molar-refractivity contribution is 0.417. The third kappa shape index (κ3) is 1.59. The number of rotatable bonds is 2. The monoisotopic (exact) mass is 164 g/mol. The second-order valence-corrected chi connectivity index (χ2v) is 2.12. The van der Waals surface area contributed by atoms with Gasteiger partial charge in [0.1, 0.15) is 5.75 Å². The molecule has 0 saturated carbocycles. The third-order valence-corrected chi connectivity index (χ3v) is 1.38. The first-order valence-electron chi connectivity index (χ1n) is 3.26. The zero-order chi connectivity index (χ0) is 8.97. The van der Waals surface area contributed by atoms with E-state index in [9.17, 15) is 0 Å². The average Bonchev–Trinajstić information content (AvgIpc) is 2.09. The van der Waals surface area contributed by atoms with Crippen molar-refractivity contribution in [1.29, 1.82) is 0 Å². The van der Waals surface area contributed by atoms with Crippen molar-refractivity contribution < 1.29 is 4.74 Å². The number of benzene rings is 1. The molecule has 12 heavy (non-hydrogen) atoms. The van der Waals surface area contributed by atoms with Crippen LogP contribution in [0.5, 0.6) is 5.75 Å². The lowest BCUT2D eigenvalue weighted by Gasteiger charge is -2.03. The first kappa shape index (κ1) is 8.23. The summed E-state index contributed by atoms with van der Waals surface area (Å²) in [6.45, 7) is 0. The van der Waals surface area contributed by atoms with E-state index in [1.54, 1.807) is 18.2 Å². The summed E-state index contributed by atoms with van der Waals surface area (Å²) < 4.78 is 4.92. The molecular formula is C7H8N4O. The van der Waals surface area contributed by atoms with Crippen LogP contribution < -0.4 is 10.5 Å². The molecule has 5 heteroatoms. The van der Waals surface area contributed by atoms with Crippen LogP contribution in [0.15, 0.2) is 23.3 Å². The number of anilines is 1. The van der Waals surface area contributed by atoms with E-state index in [-0.39, 0.29) is 0 Å². The normalized spacial score (nSPS) is 8.75. The Morgan fingerprint density at radius 3 is 2.92 bits per heavy atom. The Hall–Kier alpha value is -1.87. The average molecular weight is 164 g/mol. The van der Waals surface area contributed by atoms with Gasteiger partial charge in [-0.1, -0.05) is 11.2 Å². The van der Waals surface area contributed by atoms with E-state index in [1.807, 2.05) is 0 Å². The summed E-state index contributed by atoms with van der Waals surface area (Å²) in [5.74, 6) is 0.514. The summed E-state index contributed by atoms with van der Waals surface area (Å²) in [5, 5.41) is 3.40. The van der Waals surface area contributed by atoms with Crippen LogP contribution in [0.25, 0.3) is 10.4 Å². The predicted molar refractivity (Wildman–Crippen MR) is 46.2 cm³/mol. The number of hydrogen-bond donors (Lipinski definition) is 1. The zero-order valence-corrected chi connectivity index (χ0v) is 6.56. The molecule has 0 spiro atoms. The fraction of sp³-hybridized carbons (Fsp3) is 0.143. The molecule has 62 valence electrons. The Balaban J connectivity index is 3.13. The van der Waals surface area contributed by atoms with Gasteiger partial charge in [0.05, 0.1) is 12.8 Å². The largest absolute Gasteiger partial charge is 0.495 e. The first-order chi connectivity index (χ1) is 5.77. The molecule has 0 saturated heterocycles. The Morgan fingerprint density at radius 1 is 1.58 bits per heavy atom. The molecule has 0 aliphatic carbocycles. The number of methoxy groups -OCH3 is 1. The SMILES string of the molecule is COc1cc(N=[N+]=[N-])ccc1N. The fourth-order valence-corrected chi connectivity index (χ4v) is 0.814. The van der Waals surface area contributed by atoms with Gasteiger partial charge in [-0.2, -0.15) is 0 Å². The summed E-state index contributed by atoms with van der Waals surface area (Å²) >= 11 is 0. The molecule has 0 aromatic heterocycles. The van der Waals surface area contributed by atoms with Gasteiger partial charge in [-0.3, -0.25) is 0 Å². The van der Waals surface area contributed by atoms with Gasteiger partial charge in [0.15, 0.2) is 0 Å². The number of nitrogens with two attached hydrogens (primary N) is 1. The number of hydrogen-bond acceptors (Lipinski definition) is 3. The molecule has 0 amide bonds. The van der Waals surface area contributed by atoms with Crippen LogP contribution >= 0.6 is 0 Å². The number of ether oxygens (including phenoxy) is 1. The van der Waals surface area contributed by atoms with Crippen LogP contribution in [0.3, 0.4) is 0 Å². The minimum Gasteiger partial charge on any atom is -0.495 e. The molecule has 0 radical (unpaired) electrons. The highest BCUT2D eigenvalue weighted by Gasteiger charge is 1.98. The molecule has 0 atom stereocenters. The van der Waals surface area contributed by atoms with E-state index >= 15 is 0 Å². The van der Waals surface area contributed by atoms with Crippen molar-refractivity contribution >= 4 is 11.4 Å². The quantitative estimate of drug-likeness (QED) is 0.314.